The van der Waals surface area contributed by atoms with Crippen LogP contribution in [0.5, 0.6) is 5.75 Å². The molecular formula is C25H28N2O4. The Morgan fingerprint density at radius 1 is 0.968 bits per heavy atom. The van der Waals surface area contributed by atoms with Gasteiger partial charge in [-0.2, -0.15) is 0 Å². The second kappa shape index (κ2) is 10.5. The highest BCUT2D eigenvalue weighted by Gasteiger charge is 2.18. The molecule has 6 heteroatoms. The number of esters is 1. The van der Waals surface area contributed by atoms with Gasteiger partial charge in [0.15, 0.2) is 6.61 Å². The second-order valence-electron chi connectivity index (χ2n) is 7.38. The van der Waals surface area contributed by atoms with Crippen LogP contribution >= 0.6 is 0 Å². The van der Waals surface area contributed by atoms with Gasteiger partial charge in [-0.15, -0.1) is 0 Å². The average molecular weight is 421 g/mol. The number of aryl methyl sites for hydroxylation is 1. The van der Waals surface area contributed by atoms with E-state index in [1.54, 1.807) is 7.11 Å². The van der Waals surface area contributed by atoms with Crippen LogP contribution < -0.4 is 10.1 Å². The lowest BCUT2D eigenvalue weighted by molar-refractivity contribution is -0.124. The highest BCUT2D eigenvalue weighted by Crippen LogP contribution is 2.18. The molecule has 3 aromatic rings. The summed E-state index contributed by atoms with van der Waals surface area (Å²) in [5.74, 6) is -0.0134. The highest BCUT2D eigenvalue weighted by atomic mass is 16.5. The summed E-state index contributed by atoms with van der Waals surface area (Å²) < 4.78 is 12.4. The van der Waals surface area contributed by atoms with Crippen LogP contribution in [0, 0.1) is 13.8 Å². The molecule has 31 heavy (non-hydrogen) atoms. The number of ether oxygens (including phenoxy) is 2. The number of nitrogens with zero attached hydrogens (tertiary/aromatic N) is 1. The molecule has 6 nitrogen and oxygen atoms in total. The SMILES string of the molecule is COc1ccc(CCNC(=O)COC(=O)c2cc(C)n(Cc3ccccc3)c2C)cc1. The Hall–Kier alpha value is -3.54. The van der Waals surface area contributed by atoms with Gasteiger partial charge in [0.2, 0.25) is 0 Å². The van der Waals surface area contributed by atoms with Crippen LogP contribution in [0.1, 0.15) is 32.9 Å². The van der Waals surface area contributed by atoms with Crippen LogP contribution in [0.3, 0.4) is 0 Å². The first-order valence-electron chi connectivity index (χ1n) is 10.3. The fourth-order valence-corrected chi connectivity index (χ4v) is 3.42. The van der Waals surface area contributed by atoms with Crippen molar-refractivity contribution in [1.29, 1.82) is 0 Å². The van der Waals surface area contributed by atoms with E-state index in [0.717, 1.165) is 28.3 Å². The number of carbonyl (C=O) groups excluding carboxylic acids is 2. The molecule has 2 aromatic carbocycles. The number of rotatable bonds is 9. The number of aromatic nitrogens is 1. The molecule has 0 spiro atoms. The Kier molecular flexibility index (Phi) is 7.49. The van der Waals surface area contributed by atoms with E-state index in [2.05, 4.69) is 9.88 Å². The molecule has 0 unspecified atom stereocenters. The van der Waals surface area contributed by atoms with Crippen LogP contribution in [-0.2, 0) is 22.5 Å². The fourth-order valence-electron chi connectivity index (χ4n) is 3.42. The van der Waals surface area contributed by atoms with Gasteiger partial charge in [0, 0.05) is 24.5 Å². The van der Waals surface area contributed by atoms with E-state index in [1.807, 2.05) is 74.5 Å². The zero-order valence-corrected chi connectivity index (χ0v) is 18.2. The number of carbonyl (C=O) groups is 2. The molecule has 0 aliphatic rings. The summed E-state index contributed by atoms with van der Waals surface area (Å²) in [5.41, 5.74) is 4.52. The fraction of sp³-hybridized carbons (Fsp3) is 0.280. The van der Waals surface area contributed by atoms with Gasteiger partial charge in [0.05, 0.1) is 12.7 Å². The Labute approximate surface area is 182 Å². The maximum atomic E-state index is 12.5. The molecule has 0 radical (unpaired) electrons. The molecule has 1 amide bonds. The molecule has 0 atom stereocenters. The van der Waals surface area contributed by atoms with Crippen molar-refractivity contribution in [3.8, 4) is 5.75 Å². The Bertz CT molecular complexity index is 1020. The molecule has 1 N–H and O–H groups in total. The molecule has 162 valence electrons. The quantitative estimate of drug-likeness (QED) is 0.536. The number of amides is 1. The standard InChI is InChI=1S/C25H28N2O4/c1-18-15-23(19(2)27(18)16-21-7-5-4-6-8-21)25(29)31-17-24(28)26-14-13-20-9-11-22(30-3)12-10-20/h4-12,15H,13-14,16-17H2,1-3H3,(H,26,28). The van der Waals surface area contributed by atoms with E-state index in [4.69, 9.17) is 9.47 Å². The monoisotopic (exact) mass is 420 g/mol. The zero-order valence-electron chi connectivity index (χ0n) is 18.2. The van der Waals surface area contributed by atoms with E-state index >= 15 is 0 Å². The molecule has 3 rings (SSSR count). The van der Waals surface area contributed by atoms with Crippen LogP contribution in [0.2, 0.25) is 0 Å². The summed E-state index contributed by atoms with van der Waals surface area (Å²) >= 11 is 0. The van der Waals surface area contributed by atoms with Gasteiger partial charge in [-0.25, -0.2) is 4.79 Å². The highest BCUT2D eigenvalue weighted by molar-refractivity contribution is 5.92. The van der Waals surface area contributed by atoms with Crippen LogP contribution in [0.4, 0.5) is 0 Å². The van der Waals surface area contributed by atoms with Gasteiger partial charge in [-0.1, -0.05) is 42.5 Å². The van der Waals surface area contributed by atoms with Gasteiger partial charge in [-0.05, 0) is 49.6 Å². The smallest absolute Gasteiger partial charge is 0.340 e. The van der Waals surface area contributed by atoms with Crippen LogP contribution in [0.15, 0.2) is 60.7 Å². The third-order valence-corrected chi connectivity index (χ3v) is 5.21. The molecule has 0 fully saturated rings. The topological polar surface area (TPSA) is 69.6 Å². The normalized spacial score (nSPS) is 10.5. The molecule has 1 heterocycles. The van der Waals surface area contributed by atoms with Gasteiger partial charge < -0.3 is 19.4 Å². The minimum Gasteiger partial charge on any atom is -0.497 e. The molecule has 1 aromatic heterocycles. The van der Waals surface area contributed by atoms with Crippen molar-refractivity contribution in [1.82, 2.24) is 9.88 Å². The lowest BCUT2D eigenvalue weighted by Gasteiger charge is -2.10. The Morgan fingerprint density at radius 2 is 1.68 bits per heavy atom. The lowest BCUT2D eigenvalue weighted by atomic mass is 10.1. The number of benzene rings is 2. The molecule has 0 aliphatic heterocycles. The van der Waals surface area contributed by atoms with Gasteiger partial charge in [-0.3, -0.25) is 4.79 Å². The number of methoxy groups -OCH3 is 1. The lowest BCUT2D eigenvalue weighted by Crippen LogP contribution is -2.30. The van der Waals surface area contributed by atoms with Crippen LogP contribution in [-0.4, -0.2) is 36.7 Å². The van der Waals surface area contributed by atoms with Gasteiger partial charge >= 0.3 is 5.97 Å². The first-order valence-corrected chi connectivity index (χ1v) is 10.3. The minimum atomic E-state index is -0.488. The van der Waals surface area contributed by atoms with Crippen molar-refractivity contribution in [3.05, 3.63) is 88.7 Å². The molecule has 0 aliphatic carbocycles. The predicted octanol–water partition coefficient (Wildman–Crippen LogP) is 3.68. The molecule has 0 saturated heterocycles. The predicted molar refractivity (Wildman–Crippen MR) is 119 cm³/mol. The minimum absolute atomic E-state index is 0.302. The summed E-state index contributed by atoms with van der Waals surface area (Å²) in [6.45, 7) is 4.69. The zero-order chi connectivity index (χ0) is 22.2. The van der Waals surface area contributed by atoms with E-state index in [-0.39, 0.29) is 12.5 Å². The van der Waals surface area contributed by atoms with Gasteiger partial charge in [0.1, 0.15) is 5.75 Å². The maximum absolute atomic E-state index is 12.5. The maximum Gasteiger partial charge on any atom is 0.340 e. The molecule has 0 saturated carbocycles. The van der Waals surface area contributed by atoms with Gasteiger partial charge in [0.25, 0.3) is 5.91 Å². The number of hydrogen-bond acceptors (Lipinski definition) is 4. The second-order valence-corrected chi connectivity index (χ2v) is 7.38. The number of nitrogens with one attached hydrogen (secondary N) is 1. The third-order valence-electron chi connectivity index (χ3n) is 5.21. The first-order chi connectivity index (χ1) is 15.0. The summed E-state index contributed by atoms with van der Waals surface area (Å²) in [7, 11) is 1.62. The van der Waals surface area contributed by atoms with E-state index in [1.165, 1.54) is 0 Å². The summed E-state index contributed by atoms with van der Waals surface area (Å²) in [6.07, 6.45) is 0.685. The van der Waals surface area contributed by atoms with Crippen molar-refractivity contribution in [2.24, 2.45) is 0 Å². The van der Waals surface area contributed by atoms with E-state index < -0.39 is 5.97 Å². The Balaban J connectivity index is 1.48. The van der Waals surface area contributed by atoms with Crippen LogP contribution in [0.25, 0.3) is 0 Å². The molecule has 0 bridgehead atoms. The molecular weight excluding hydrogens is 392 g/mol. The van der Waals surface area contributed by atoms with Crippen molar-refractivity contribution < 1.29 is 19.1 Å². The van der Waals surface area contributed by atoms with Crippen molar-refractivity contribution in [2.75, 3.05) is 20.3 Å². The van der Waals surface area contributed by atoms with Crippen molar-refractivity contribution in [2.45, 2.75) is 26.8 Å². The summed E-state index contributed by atoms with van der Waals surface area (Å²) in [4.78, 5) is 24.6. The summed E-state index contributed by atoms with van der Waals surface area (Å²) in [6, 6.07) is 19.5. The first kappa shape index (κ1) is 22.2. The van der Waals surface area contributed by atoms with E-state index in [0.29, 0.717) is 25.1 Å². The average Bonchev–Trinajstić information content (AvgIpc) is 3.07. The Morgan fingerprint density at radius 3 is 2.35 bits per heavy atom. The number of hydrogen-bond donors (Lipinski definition) is 1. The summed E-state index contributed by atoms with van der Waals surface area (Å²) in [5, 5.41) is 2.78. The largest absolute Gasteiger partial charge is 0.497 e. The third kappa shape index (κ3) is 5.98. The van der Waals surface area contributed by atoms with E-state index in [9.17, 15) is 9.59 Å². The van der Waals surface area contributed by atoms with Crippen molar-refractivity contribution >= 4 is 11.9 Å². The van der Waals surface area contributed by atoms with Crippen molar-refractivity contribution in [3.63, 3.8) is 0 Å².